The van der Waals surface area contributed by atoms with Crippen LogP contribution >= 0.6 is 22.9 Å². The topological polar surface area (TPSA) is 49.9 Å². The highest BCUT2D eigenvalue weighted by Gasteiger charge is 2.31. The van der Waals surface area contributed by atoms with E-state index in [9.17, 15) is 9.59 Å². The van der Waals surface area contributed by atoms with Crippen LogP contribution in [-0.4, -0.2) is 47.0 Å². The molecule has 0 aliphatic carbocycles. The number of halogens is 1. The van der Waals surface area contributed by atoms with Crippen LogP contribution in [0.4, 0.5) is 4.79 Å². The molecule has 2 amide bonds. The molecular weight excluding hydrogens is 360 g/mol. The van der Waals surface area contributed by atoms with Crippen molar-refractivity contribution in [3.63, 3.8) is 0 Å². The molecule has 0 radical (unpaired) electrons. The molecule has 2 heterocycles. The van der Waals surface area contributed by atoms with E-state index in [0.29, 0.717) is 39.0 Å². The molecule has 1 aromatic rings. The predicted octanol–water partition coefficient (Wildman–Crippen LogP) is 4.40. The zero-order chi connectivity index (χ0) is 18.6. The Bertz CT molecular complexity index is 604. The summed E-state index contributed by atoms with van der Waals surface area (Å²) in [5, 5.41) is 0. The van der Waals surface area contributed by atoms with E-state index in [1.54, 1.807) is 4.90 Å². The summed E-state index contributed by atoms with van der Waals surface area (Å²) in [5.74, 6) is 0.130. The summed E-state index contributed by atoms with van der Waals surface area (Å²) in [6.45, 7) is 9.95. The van der Waals surface area contributed by atoms with Crippen molar-refractivity contribution in [2.45, 2.75) is 52.7 Å². The van der Waals surface area contributed by atoms with E-state index in [0.717, 1.165) is 9.21 Å². The van der Waals surface area contributed by atoms with Gasteiger partial charge in [0.15, 0.2) is 0 Å². The van der Waals surface area contributed by atoms with E-state index in [1.165, 1.54) is 11.3 Å². The Balaban J connectivity index is 1.88. The van der Waals surface area contributed by atoms with Gasteiger partial charge in [-0.3, -0.25) is 4.79 Å². The number of likely N-dealkylation sites (tertiary alicyclic amines) is 1. The molecule has 0 atom stereocenters. The van der Waals surface area contributed by atoms with E-state index >= 15 is 0 Å². The summed E-state index contributed by atoms with van der Waals surface area (Å²) in [6, 6.07) is 3.83. The second-order valence-corrected chi connectivity index (χ2v) is 9.10. The second kappa shape index (κ2) is 8.41. The van der Waals surface area contributed by atoms with Crippen LogP contribution in [-0.2, 0) is 16.1 Å². The molecule has 25 heavy (non-hydrogen) atoms. The van der Waals surface area contributed by atoms with Gasteiger partial charge in [0.2, 0.25) is 5.91 Å². The molecule has 0 aromatic carbocycles. The Morgan fingerprint density at radius 1 is 1.32 bits per heavy atom. The smallest absolute Gasteiger partial charge is 0.410 e. The number of carbonyl (C=O) groups excluding carboxylic acids is 2. The molecule has 140 valence electrons. The number of hydrogen-bond acceptors (Lipinski definition) is 4. The molecule has 1 saturated heterocycles. The van der Waals surface area contributed by atoms with Crippen LogP contribution < -0.4 is 0 Å². The summed E-state index contributed by atoms with van der Waals surface area (Å²) in [6.07, 6.45) is 1.07. The lowest BCUT2D eigenvalue weighted by Crippen LogP contribution is -2.45. The van der Waals surface area contributed by atoms with Crippen molar-refractivity contribution in [2.75, 3.05) is 19.6 Å². The van der Waals surface area contributed by atoms with Crippen molar-refractivity contribution >= 4 is 34.9 Å². The van der Waals surface area contributed by atoms with E-state index in [1.807, 2.05) is 44.7 Å². The Labute approximate surface area is 158 Å². The molecule has 1 aliphatic heterocycles. The Kier molecular flexibility index (Phi) is 6.74. The van der Waals surface area contributed by atoms with Crippen molar-refractivity contribution in [3.8, 4) is 0 Å². The maximum absolute atomic E-state index is 12.8. The molecule has 1 fully saturated rings. The highest BCUT2D eigenvalue weighted by Crippen LogP contribution is 2.25. The minimum absolute atomic E-state index is 0.0333. The fourth-order valence-electron chi connectivity index (χ4n) is 2.86. The Hall–Kier alpha value is -1.27. The fourth-order valence-corrected chi connectivity index (χ4v) is 3.97. The monoisotopic (exact) mass is 386 g/mol. The second-order valence-electron chi connectivity index (χ2n) is 7.30. The van der Waals surface area contributed by atoms with Crippen LogP contribution in [0, 0.1) is 5.92 Å². The molecule has 1 aliphatic rings. The number of piperidine rings is 1. The SMILES string of the molecule is CCN(Cc1ccc(Cl)s1)C(=O)C1CCN(C(=O)OC(C)(C)C)CC1. The molecule has 1 aromatic heterocycles. The minimum Gasteiger partial charge on any atom is -0.444 e. The average Bonchev–Trinajstić information content (AvgIpc) is 2.95. The van der Waals surface area contributed by atoms with Crippen molar-refractivity contribution < 1.29 is 14.3 Å². The molecule has 0 N–H and O–H groups in total. The van der Waals surface area contributed by atoms with Gasteiger partial charge in [0, 0.05) is 30.4 Å². The number of hydrogen-bond donors (Lipinski definition) is 0. The Morgan fingerprint density at radius 3 is 2.44 bits per heavy atom. The first-order valence-electron chi connectivity index (χ1n) is 8.70. The third-order valence-electron chi connectivity index (χ3n) is 4.16. The summed E-state index contributed by atoms with van der Waals surface area (Å²) < 4.78 is 6.14. The van der Waals surface area contributed by atoms with Crippen molar-refractivity contribution in [2.24, 2.45) is 5.92 Å². The standard InChI is InChI=1S/C18H27ClN2O3S/c1-5-20(12-14-6-7-15(19)25-14)16(22)13-8-10-21(11-9-13)17(23)24-18(2,3)4/h6-7,13H,5,8-12H2,1-4H3. The van der Waals surface area contributed by atoms with Crippen LogP contribution in [0.3, 0.4) is 0 Å². The van der Waals surface area contributed by atoms with Gasteiger partial charge >= 0.3 is 6.09 Å². The molecule has 0 spiro atoms. The van der Waals surface area contributed by atoms with Gasteiger partial charge in [-0.15, -0.1) is 11.3 Å². The fraction of sp³-hybridized carbons (Fsp3) is 0.667. The third kappa shape index (κ3) is 5.89. The van der Waals surface area contributed by atoms with Crippen LogP contribution in [0.1, 0.15) is 45.4 Å². The number of amides is 2. The zero-order valence-electron chi connectivity index (χ0n) is 15.4. The van der Waals surface area contributed by atoms with Crippen LogP contribution in [0.5, 0.6) is 0 Å². The molecular formula is C18H27ClN2O3S. The number of carbonyl (C=O) groups is 2. The molecule has 0 unspecified atom stereocenters. The number of rotatable bonds is 4. The van der Waals surface area contributed by atoms with E-state index < -0.39 is 5.60 Å². The first-order chi connectivity index (χ1) is 11.7. The van der Waals surface area contributed by atoms with Gasteiger partial charge in [-0.25, -0.2) is 4.79 Å². The molecule has 7 heteroatoms. The van der Waals surface area contributed by atoms with Gasteiger partial charge in [0.1, 0.15) is 5.60 Å². The number of ether oxygens (including phenoxy) is 1. The lowest BCUT2D eigenvalue weighted by molar-refractivity contribution is -0.137. The lowest BCUT2D eigenvalue weighted by atomic mass is 9.95. The number of nitrogens with zero attached hydrogens (tertiary/aromatic N) is 2. The van der Waals surface area contributed by atoms with Gasteiger partial charge in [0.25, 0.3) is 0 Å². The van der Waals surface area contributed by atoms with E-state index in [2.05, 4.69) is 0 Å². The van der Waals surface area contributed by atoms with Crippen LogP contribution in [0.15, 0.2) is 12.1 Å². The molecule has 0 saturated carbocycles. The number of thiophene rings is 1. The van der Waals surface area contributed by atoms with Gasteiger partial charge in [-0.05, 0) is 52.7 Å². The largest absolute Gasteiger partial charge is 0.444 e. The quantitative estimate of drug-likeness (QED) is 0.770. The summed E-state index contributed by atoms with van der Waals surface area (Å²) in [4.78, 5) is 29.6. The maximum Gasteiger partial charge on any atom is 0.410 e. The van der Waals surface area contributed by atoms with Gasteiger partial charge < -0.3 is 14.5 Å². The van der Waals surface area contributed by atoms with Crippen molar-refractivity contribution in [1.82, 2.24) is 9.80 Å². The average molecular weight is 387 g/mol. The third-order valence-corrected chi connectivity index (χ3v) is 5.38. The van der Waals surface area contributed by atoms with E-state index in [-0.39, 0.29) is 17.9 Å². The van der Waals surface area contributed by atoms with Gasteiger partial charge in [0.05, 0.1) is 10.9 Å². The molecule has 2 rings (SSSR count). The first kappa shape index (κ1) is 20.0. The highest BCUT2D eigenvalue weighted by molar-refractivity contribution is 7.16. The van der Waals surface area contributed by atoms with Crippen molar-refractivity contribution in [3.05, 3.63) is 21.3 Å². The van der Waals surface area contributed by atoms with Crippen LogP contribution in [0.25, 0.3) is 0 Å². The van der Waals surface area contributed by atoms with Crippen molar-refractivity contribution in [1.29, 1.82) is 0 Å². The molecule has 0 bridgehead atoms. The van der Waals surface area contributed by atoms with Gasteiger partial charge in [-0.2, -0.15) is 0 Å². The summed E-state index contributed by atoms with van der Waals surface area (Å²) in [5.41, 5.74) is -0.495. The minimum atomic E-state index is -0.495. The summed E-state index contributed by atoms with van der Waals surface area (Å²) >= 11 is 7.48. The van der Waals surface area contributed by atoms with Gasteiger partial charge in [-0.1, -0.05) is 11.6 Å². The molecule has 5 nitrogen and oxygen atoms in total. The van der Waals surface area contributed by atoms with E-state index in [4.69, 9.17) is 16.3 Å². The normalized spacial score (nSPS) is 16.0. The first-order valence-corrected chi connectivity index (χ1v) is 9.90. The predicted molar refractivity (Wildman–Crippen MR) is 101 cm³/mol. The maximum atomic E-state index is 12.8. The Morgan fingerprint density at radius 2 is 1.96 bits per heavy atom. The zero-order valence-corrected chi connectivity index (χ0v) is 17.0. The lowest BCUT2D eigenvalue weighted by Gasteiger charge is -2.34. The van der Waals surface area contributed by atoms with Crippen LogP contribution in [0.2, 0.25) is 4.34 Å². The highest BCUT2D eigenvalue weighted by atomic mass is 35.5. The summed E-state index contributed by atoms with van der Waals surface area (Å²) in [7, 11) is 0.